The lowest BCUT2D eigenvalue weighted by atomic mass is 10.1. The standard InChI is InChI=1S/C18H22N4O2/c1-13(23)12-19-18(24)16-6-4-5-7-17(16)21-20-14-8-10-15(11-9-14)22(2)3/h4-11,13,23H,12H2,1-3H3,(H,19,24). The summed E-state index contributed by atoms with van der Waals surface area (Å²) >= 11 is 0. The number of hydrogen-bond acceptors (Lipinski definition) is 5. The molecule has 24 heavy (non-hydrogen) atoms. The van der Waals surface area contributed by atoms with E-state index in [2.05, 4.69) is 15.5 Å². The van der Waals surface area contributed by atoms with Gasteiger partial charge in [-0.25, -0.2) is 0 Å². The molecule has 6 heteroatoms. The number of carbonyl (C=O) groups is 1. The summed E-state index contributed by atoms with van der Waals surface area (Å²) in [4.78, 5) is 14.2. The Bertz CT molecular complexity index is 709. The van der Waals surface area contributed by atoms with Crippen molar-refractivity contribution in [3.8, 4) is 0 Å². The monoisotopic (exact) mass is 326 g/mol. The summed E-state index contributed by atoms with van der Waals surface area (Å²) in [5.41, 5.74) is 2.69. The Morgan fingerprint density at radius 1 is 1.12 bits per heavy atom. The Balaban J connectivity index is 2.15. The summed E-state index contributed by atoms with van der Waals surface area (Å²) in [6.45, 7) is 1.81. The number of carbonyl (C=O) groups excluding carboxylic acids is 1. The first-order valence-electron chi connectivity index (χ1n) is 7.72. The number of rotatable bonds is 6. The van der Waals surface area contributed by atoms with E-state index in [0.717, 1.165) is 5.69 Å². The second-order valence-corrected chi connectivity index (χ2v) is 5.69. The number of aliphatic hydroxyl groups is 1. The number of nitrogens with zero attached hydrogens (tertiary/aromatic N) is 3. The average molecular weight is 326 g/mol. The molecule has 1 amide bonds. The van der Waals surface area contributed by atoms with Crippen LogP contribution in [0.1, 0.15) is 17.3 Å². The zero-order valence-electron chi connectivity index (χ0n) is 14.1. The molecule has 2 aromatic rings. The van der Waals surface area contributed by atoms with Gasteiger partial charge in [0.25, 0.3) is 5.91 Å². The Morgan fingerprint density at radius 2 is 1.79 bits per heavy atom. The highest BCUT2D eigenvalue weighted by Gasteiger charge is 2.11. The van der Waals surface area contributed by atoms with Crippen molar-refractivity contribution in [1.82, 2.24) is 5.32 Å². The number of nitrogens with one attached hydrogen (secondary N) is 1. The van der Waals surface area contributed by atoms with Gasteiger partial charge in [-0.1, -0.05) is 12.1 Å². The Kier molecular flexibility index (Phi) is 6.03. The largest absolute Gasteiger partial charge is 0.392 e. The lowest BCUT2D eigenvalue weighted by Crippen LogP contribution is -2.30. The SMILES string of the molecule is CC(O)CNC(=O)c1ccccc1N=Nc1ccc(N(C)C)cc1. The quantitative estimate of drug-likeness (QED) is 0.800. The maximum Gasteiger partial charge on any atom is 0.253 e. The van der Waals surface area contributed by atoms with E-state index in [0.29, 0.717) is 16.9 Å². The summed E-state index contributed by atoms with van der Waals surface area (Å²) in [6, 6.07) is 14.6. The molecule has 0 aliphatic carbocycles. The molecule has 0 heterocycles. The van der Waals surface area contributed by atoms with Crippen molar-refractivity contribution in [3.05, 3.63) is 54.1 Å². The topological polar surface area (TPSA) is 77.3 Å². The van der Waals surface area contributed by atoms with E-state index in [1.54, 1.807) is 31.2 Å². The van der Waals surface area contributed by atoms with Crippen molar-refractivity contribution in [2.45, 2.75) is 13.0 Å². The van der Waals surface area contributed by atoms with Crippen LogP contribution in [0.25, 0.3) is 0 Å². The molecule has 0 saturated carbocycles. The molecule has 126 valence electrons. The highest BCUT2D eigenvalue weighted by atomic mass is 16.3. The second-order valence-electron chi connectivity index (χ2n) is 5.69. The van der Waals surface area contributed by atoms with Gasteiger partial charge in [0.2, 0.25) is 0 Å². The first-order chi connectivity index (χ1) is 11.5. The highest BCUT2D eigenvalue weighted by molar-refractivity contribution is 5.98. The predicted octanol–water partition coefficient (Wildman–Crippen LogP) is 3.28. The molecular formula is C18H22N4O2. The van der Waals surface area contributed by atoms with Crippen LogP contribution in [-0.2, 0) is 0 Å². The van der Waals surface area contributed by atoms with Crippen LogP contribution in [0.5, 0.6) is 0 Å². The van der Waals surface area contributed by atoms with Crippen LogP contribution in [-0.4, -0.2) is 37.8 Å². The van der Waals surface area contributed by atoms with E-state index in [4.69, 9.17) is 0 Å². The Morgan fingerprint density at radius 3 is 2.42 bits per heavy atom. The molecule has 0 aliphatic heterocycles. The zero-order valence-corrected chi connectivity index (χ0v) is 14.1. The van der Waals surface area contributed by atoms with E-state index in [9.17, 15) is 9.90 Å². The molecule has 0 radical (unpaired) electrons. The van der Waals surface area contributed by atoms with E-state index in [-0.39, 0.29) is 12.5 Å². The van der Waals surface area contributed by atoms with Crippen LogP contribution < -0.4 is 10.2 Å². The molecule has 6 nitrogen and oxygen atoms in total. The zero-order chi connectivity index (χ0) is 17.5. The van der Waals surface area contributed by atoms with Crippen LogP contribution in [0.4, 0.5) is 17.1 Å². The van der Waals surface area contributed by atoms with Crippen molar-refractivity contribution in [2.24, 2.45) is 10.2 Å². The minimum atomic E-state index is -0.599. The molecule has 2 rings (SSSR count). The number of amides is 1. The van der Waals surface area contributed by atoms with Crippen molar-refractivity contribution >= 4 is 23.0 Å². The molecule has 2 aromatic carbocycles. The van der Waals surface area contributed by atoms with E-state index < -0.39 is 6.10 Å². The van der Waals surface area contributed by atoms with Crippen molar-refractivity contribution in [1.29, 1.82) is 0 Å². The fourth-order valence-corrected chi connectivity index (χ4v) is 2.02. The third kappa shape index (κ3) is 4.89. The van der Waals surface area contributed by atoms with Gasteiger partial charge < -0.3 is 15.3 Å². The number of anilines is 1. The van der Waals surface area contributed by atoms with Gasteiger partial charge >= 0.3 is 0 Å². The first kappa shape index (κ1) is 17.6. The molecule has 0 spiro atoms. The fraction of sp³-hybridized carbons (Fsp3) is 0.278. The summed E-state index contributed by atoms with van der Waals surface area (Å²) in [5.74, 6) is -0.284. The average Bonchev–Trinajstić information content (AvgIpc) is 2.58. The summed E-state index contributed by atoms with van der Waals surface area (Å²) < 4.78 is 0. The van der Waals surface area contributed by atoms with Gasteiger partial charge in [-0.3, -0.25) is 4.79 Å². The van der Waals surface area contributed by atoms with Gasteiger partial charge in [0.1, 0.15) is 0 Å². The third-order valence-electron chi connectivity index (χ3n) is 3.35. The van der Waals surface area contributed by atoms with Gasteiger partial charge in [0, 0.05) is 26.3 Å². The van der Waals surface area contributed by atoms with E-state index >= 15 is 0 Å². The first-order valence-corrected chi connectivity index (χ1v) is 7.72. The number of hydrogen-bond donors (Lipinski definition) is 2. The third-order valence-corrected chi connectivity index (χ3v) is 3.35. The van der Waals surface area contributed by atoms with Crippen LogP contribution in [0, 0.1) is 0 Å². The molecule has 0 bridgehead atoms. The van der Waals surface area contributed by atoms with Crippen LogP contribution >= 0.6 is 0 Å². The van der Waals surface area contributed by atoms with Crippen LogP contribution in [0.3, 0.4) is 0 Å². The fourth-order valence-electron chi connectivity index (χ4n) is 2.02. The van der Waals surface area contributed by atoms with Gasteiger partial charge in [-0.05, 0) is 43.3 Å². The highest BCUT2D eigenvalue weighted by Crippen LogP contribution is 2.23. The molecule has 1 atom stereocenters. The summed E-state index contributed by atoms with van der Waals surface area (Å²) in [7, 11) is 3.94. The van der Waals surface area contributed by atoms with Gasteiger partial charge in [0.05, 0.1) is 23.0 Å². The Hall–Kier alpha value is -2.73. The number of benzene rings is 2. The molecular weight excluding hydrogens is 304 g/mol. The van der Waals surface area contributed by atoms with Crippen molar-refractivity contribution in [3.63, 3.8) is 0 Å². The maximum atomic E-state index is 12.2. The summed E-state index contributed by atoms with van der Waals surface area (Å²) in [5, 5.41) is 20.3. The molecule has 1 unspecified atom stereocenters. The van der Waals surface area contributed by atoms with E-state index in [1.807, 2.05) is 43.3 Å². The van der Waals surface area contributed by atoms with Gasteiger partial charge in [-0.15, -0.1) is 5.11 Å². The van der Waals surface area contributed by atoms with Crippen molar-refractivity contribution < 1.29 is 9.90 Å². The lowest BCUT2D eigenvalue weighted by Gasteiger charge is -2.11. The smallest absolute Gasteiger partial charge is 0.253 e. The minimum Gasteiger partial charge on any atom is -0.392 e. The predicted molar refractivity (Wildman–Crippen MR) is 95.4 cm³/mol. The lowest BCUT2D eigenvalue weighted by molar-refractivity contribution is 0.0924. The van der Waals surface area contributed by atoms with Crippen LogP contribution in [0.2, 0.25) is 0 Å². The molecule has 2 N–H and O–H groups in total. The van der Waals surface area contributed by atoms with Crippen molar-refractivity contribution in [2.75, 3.05) is 25.5 Å². The van der Waals surface area contributed by atoms with Crippen LogP contribution in [0.15, 0.2) is 58.8 Å². The molecule has 0 saturated heterocycles. The van der Waals surface area contributed by atoms with E-state index in [1.165, 1.54) is 0 Å². The maximum absolute atomic E-state index is 12.2. The Labute approximate surface area is 141 Å². The second kappa shape index (κ2) is 8.21. The van der Waals surface area contributed by atoms with Gasteiger partial charge in [0.15, 0.2) is 0 Å². The normalized spacial score (nSPS) is 12.2. The molecule has 0 aliphatic rings. The summed E-state index contributed by atoms with van der Waals surface area (Å²) in [6.07, 6.45) is -0.599. The number of aliphatic hydroxyl groups excluding tert-OH is 1. The molecule has 0 aromatic heterocycles. The number of azo groups is 1. The minimum absolute atomic E-state index is 0.191. The van der Waals surface area contributed by atoms with Gasteiger partial charge in [-0.2, -0.15) is 5.11 Å². The molecule has 0 fully saturated rings.